The molecule has 1 rings (SSSR count). The maximum atomic E-state index is 11.9. The third-order valence-electron chi connectivity index (χ3n) is 2.87. The largest absolute Gasteiger partial charge is 0.327 e. The highest BCUT2D eigenvalue weighted by Gasteiger charge is 2.32. The van der Waals surface area contributed by atoms with Crippen LogP contribution in [0.3, 0.4) is 0 Å². The van der Waals surface area contributed by atoms with E-state index in [9.17, 15) is 4.79 Å². The average Bonchev–Trinajstić information content (AvgIpc) is 2.57. The van der Waals surface area contributed by atoms with Crippen molar-refractivity contribution in [2.24, 2.45) is 11.7 Å². The van der Waals surface area contributed by atoms with Gasteiger partial charge in [-0.1, -0.05) is 12.2 Å². The topological polar surface area (TPSA) is 70.2 Å². The Balaban J connectivity index is 2.48. The summed E-state index contributed by atoms with van der Waals surface area (Å²) in [6, 6.07) is 0. The van der Waals surface area contributed by atoms with Crippen LogP contribution in [0.15, 0.2) is 18.2 Å². The lowest BCUT2D eigenvalue weighted by molar-refractivity contribution is -0.132. The molecule has 1 amide bonds. The van der Waals surface area contributed by atoms with Crippen molar-refractivity contribution in [3.8, 4) is 0 Å². The van der Waals surface area contributed by atoms with E-state index >= 15 is 0 Å². The summed E-state index contributed by atoms with van der Waals surface area (Å²) in [7, 11) is 0. The number of nitrogens with two attached hydrogens (primary N) is 1. The molecule has 0 aromatic carbocycles. The quantitative estimate of drug-likeness (QED) is 0.542. The first-order chi connectivity index (χ1) is 7.56. The number of likely N-dealkylation sites (tertiary alicyclic amines) is 1. The monoisotopic (exact) mass is 221 g/mol. The molecule has 1 aliphatic rings. The molecular formula is C12H19N3O. The van der Waals surface area contributed by atoms with Crippen LogP contribution in [-0.4, -0.2) is 29.4 Å². The van der Waals surface area contributed by atoms with Gasteiger partial charge in [0, 0.05) is 12.5 Å². The molecule has 0 spiro atoms. The fourth-order valence-corrected chi connectivity index (χ4v) is 1.98. The third-order valence-corrected chi connectivity index (χ3v) is 2.87. The van der Waals surface area contributed by atoms with E-state index in [4.69, 9.17) is 11.1 Å². The van der Waals surface area contributed by atoms with Crippen molar-refractivity contribution >= 4 is 11.8 Å². The molecule has 4 nitrogen and oxygen atoms in total. The van der Waals surface area contributed by atoms with Crippen molar-refractivity contribution in [2.75, 3.05) is 6.54 Å². The van der Waals surface area contributed by atoms with Crippen molar-refractivity contribution < 1.29 is 4.79 Å². The molecular weight excluding hydrogens is 202 g/mol. The standard InChI is InChI=1S/C12H19N3O/c1-9(4-3-6-13)8-11-5-7-15(10(2)14)12(11)16/h3,10-11,13H,1,4-5,7-8,14H2,2H3/t10-,11-/m1/s1. The van der Waals surface area contributed by atoms with Crippen LogP contribution in [0.4, 0.5) is 0 Å². The van der Waals surface area contributed by atoms with E-state index in [0.29, 0.717) is 12.8 Å². The Kier molecular flexibility index (Phi) is 4.47. The Morgan fingerprint density at radius 1 is 1.88 bits per heavy atom. The van der Waals surface area contributed by atoms with Gasteiger partial charge in [-0.3, -0.25) is 10.2 Å². The third kappa shape index (κ3) is 3.05. The fourth-order valence-electron chi connectivity index (χ4n) is 1.98. The first kappa shape index (κ1) is 12.7. The van der Waals surface area contributed by atoms with Crippen molar-refractivity contribution in [3.63, 3.8) is 0 Å². The van der Waals surface area contributed by atoms with E-state index < -0.39 is 0 Å². The van der Waals surface area contributed by atoms with E-state index in [1.807, 2.05) is 6.92 Å². The zero-order valence-corrected chi connectivity index (χ0v) is 9.70. The summed E-state index contributed by atoms with van der Waals surface area (Å²) < 4.78 is 0. The second-order valence-electron chi connectivity index (χ2n) is 4.26. The number of amides is 1. The van der Waals surface area contributed by atoms with Gasteiger partial charge >= 0.3 is 0 Å². The van der Waals surface area contributed by atoms with Crippen LogP contribution in [0, 0.1) is 11.3 Å². The van der Waals surface area contributed by atoms with Gasteiger partial charge in [0.25, 0.3) is 0 Å². The van der Waals surface area contributed by atoms with Crippen LogP contribution in [0.1, 0.15) is 26.2 Å². The van der Waals surface area contributed by atoms with E-state index in [2.05, 4.69) is 12.4 Å². The number of carbonyl (C=O) groups is 1. The predicted octanol–water partition coefficient (Wildman–Crippen LogP) is 1.28. The van der Waals surface area contributed by atoms with Crippen molar-refractivity contribution in [1.29, 1.82) is 5.41 Å². The predicted molar refractivity (Wildman–Crippen MR) is 64.1 cm³/mol. The lowest BCUT2D eigenvalue weighted by atomic mass is 9.97. The summed E-state index contributed by atoms with van der Waals surface area (Å²) >= 11 is 0. The number of nitrogens with one attached hydrogen (secondary N) is 1. The smallest absolute Gasteiger partial charge is 0.227 e. The Labute approximate surface area is 96.3 Å². The van der Waals surface area contributed by atoms with Gasteiger partial charge < -0.3 is 10.6 Å². The van der Waals surface area contributed by atoms with Crippen LogP contribution in [0.2, 0.25) is 0 Å². The highest BCUT2D eigenvalue weighted by Crippen LogP contribution is 2.25. The van der Waals surface area contributed by atoms with Gasteiger partial charge in [0.15, 0.2) is 0 Å². The molecule has 1 heterocycles. The lowest BCUT2D eigenvalue weighted by Crippen LogP contribution is -2.41. The molecule has 0 saturated carbocycles. The Bertz CT molecular complexity index is 329. The lowest BCUT2D eigenvalue weighted by Gasteiger charge is -2.20. The molecule has 0 radical (unpaired) electrons. The number of hydrogen-bond acceptors (Lipinski definition) is 3. The average molecular weight is 221 g/mol. The van der Waals surface area contributed by atoms with Crippen molar-refractivity contribution in [1.82, 2.24) is 4.90 Å². The number of allylic oxidation sites excluding steroid dienone is 2. The SMILES string of the molecule is C=C(CC=C=N)C[C@H]1CCN([C@H](C)N)C1=O. The molecule has 0 unspecified atom stereocenters. The van der Waals surface area contributed by atoms with Crippen LogP contribution in [0.5, 0.6) is 0 Å². The molecule has 2 atom stereocenters. The Morgan fingerprint density at radius 3 is 3.06 bits per heavy atom. The van der Waals surface area contributed by atoms with Gasteiger partial charge in [-0.15, -0.1) is 0 Å². The zero-order valence-electron chi connectivity index (χ0n) is 9.70. The molecule has 0 aliphatic carbocycles. The van der Waals surface area contributed by atoms with E-state index in [1.54, 1.807) is 11.0 Å². The molecule has 1 aliphatic heterocycles. The molecule has 16 heavy (non-hydrogen) atoms. The fraction of sp³-hybridized carbons (Fsp3) is 0.583. The minimum absolute atomic E-state index is 0.0256. The van der Waals surface area contributed by atoms with Gasteiger partial charge in [0.05, 0.1) is 6.17 Å². The van der Waals surface area contributed by atoms with Crippen molar-refractivity contribution in [2.45, 2.75) is 32.4 Å². The summed E-state index contributed by atoms with van der Waals surface area (Å²) in [5, 5.41) is 6.77. The first-order valence-corrected chi connectivity index (χ1v) is 5.53. The minimum Gasteiger partial charge on any atom is -0.327 e. The molecule has 0 aromatic rings. The normalized spacial score (nSPS) is 21.8. The minimum atomic E-state index is -0.202. The molecule has 1 fully saturated rings. The molecule has 1 saturated heterocycles. The maximum Gasteiger partial charge on any atom is 0.227 e. The van der Waals surface area contributed by atoms with Gasteiger partial charge in [0.1, 0.15) is 0 Å². The van der Waals surface area contributed by atoms with E-state index in [-0.39, 0.29) is 18.0 Å². The van der Waals surface area contributed by atoms with Crippen LogP contribution < -0.4 is 5.73 Å². The summed E-state index contributed by atoms with van der Waals surface area (Å²) in [6.07, 6.45) is 3.59. The molecule has 4 heteroatoms. The highest BCUT2D eigenvalue weighted by atomic mass is 16.2. The second kappa shape index (κ2) is 5.64. The van der Waals surface area contributed by atoms with E-state index in [0.717, 1.165) is 18.5 Å². The Hall–Kier alpha value is -1.38. The number of rotatable bonds is 5. The number of nitrogens with zero attached hydrogens (tertiary/aromatic N) is 1. The number of hydrogen-bond donors (Lipinski definition) is 2. The summed E-state index contributed by atoms with van der Waals surface area (Å²) in [5.74, 6) is 2.37. The van der Waals surface area contributed by atoms with Crippen LogP contribution in [0.25, 0.3) is 0 Å². The summed E-state index contributed by atoms with van der Waals surface area (Å²) in [6.45, 7) is 6.47. The highest BCUT2D eigenvalue weighted by molar-refractivity contribution is 5.81. The maximum absolute atomic E-state index is 11.9. The van der Waals surface area contributed by atoms with E-state index in [1.165, 1.54) is 0 Å². The van der Waals surface area contributed by atoms with Gasteiger partial charge in [-0.05, 0) is 38.1 Å². The molecule has 0 aromatic heterocycles. The Morgan fingerprint density at radius 2 is 2.56 bits per heavy atom. The zero-order chi connectivity index (χ0) is 12.1. The van der Waals surface area contributed by atoms with Gasteiger partial charge in [0.2, 0.25) is 5.91 Å². The van der Waals surface area contributed by atoms with Gasteiger partial charge in [-0.25, -0.2) is 0 Å². The number of carbonyl (C=O) groups excluding carboxylic acids is 1. The summed E-state index contributed by atoms with van der Waals surface area (Å²) in [5.41, 5.74) is 6.68. The van der Waals surface area contributed by atoms with Crippen LogP contribution >= 0.6 is 0 Å². The molecule has 0 bridgehead atoms. The van der Waals surface area contributed by atoms with Crippen molar-refractivity contribution in [3.05, 3.63) is 18.2 Å². The summed E-state index contributed by atoms with van der Waals surface area (Å²) in [4.78, 5) is 13.6. The molecule has 88 valence electrons. The van der Waals surface area contributed by atoms with Crippen LogP contribution in [-0.2, 0) is 4.79 Å². The first-order valence-electron chi connectivity index (χ1n) is 5.53. The molecule has 3 N–H and O–H groups in total. The second-order valence-corrected chi connectivity index (χ2v) is 4.26. The van der Waals surface area contributed by atoms with Gasteiger partial charge in [-0.2, -0.15) is 0 Å².